The highest BCUT2D eigenvalue weighted by Crippen LogP contribution is 2.32. The second-order valence-corrected chi connectivity index (χ2v) is 6.57. The first-order chi connectivity index (χ1) is 11.0. The lowest BCUT2D eigenvalue weighted by Gasteiger charge is -2.33. The van der Waals surface area contributed by atoms with Crippen LogP contribution in [0.3, 0.4) is 0 Å². The molecule has 0 bridgehead atoms. The van der Waals surface area contributed by atoms with Crippen molar-refractivity contribution in [2.45, 2.75) is 25.9 Å². The minimum atomic E-state index is -0.282. The molecule has 3 rings (SSSR count). The quantitative estimate of drug-likeness (QED) is 0.832. The fourth-order valence-corrected chi connectivity index (χ4v) is 3.17. The molecule has 6 heteroatoms. The van der Waals surface area contributed by atoms with Crippen LogP contribution < -0.4 is 4.90 Å². The van der Waals surface area contributed by atoms with Crippen molar-refractivity contribution in [3.05, 3.63) is 29.3 Å². The summed E-state index contributed by atoms with van der Waals surface area (Å²) in [5, 5.41) is 0. The van der Waals surface area contributed by atoms with Crippen LogP contribution in [0.2, 0.25) is 0 Å². The number of carbonyl (C=O) groups excluding carboxylic acids is 2. The normalized spacial score (nSPS) is 20.7. The third kappa shape index (κ3) is 3.17. The predicted molar refractivity (Wildman–Crippen MR) is 87.4 cm³/mol. The molecule has 23 heavy (non-hydrogen) atoms. The summed E-state index contributed by atoms with van der Waals surface area (Å²) in [6.07, 6.45) is 0.452. The molecule has 6 nitrogen and oxygen atoms in total. The van der Waals surface area contributed by atoms with Crippen LogP contribution in [0, 0.1) is 6.92 Å². The summed E-state index contributed by atoms with van der Waals surface area (Å²) < 4.78 is 5.24. The number of aryl methyl sites for hydroxylation is 1. The van der Waals surface area contributed by atoms with E-state index in [1.807, 2.05) is 49.0 Å². The summed E-state index contributed by atoms with van der Waals surface area (Å²) in [5.41, 5.74) is 2.96. The first-order valence-electron chi connectivity index (χ1n) is 7.93. The van der Waals surface area contributed by atoms with E-state index in [1.54, 1.807) is 4.90 Å². The Morgan fingerprint density at radius 3 is 2.91 bits per heavy atom. The van der Waals surface area contributed by atoms with Gasteiger partial charge in [0.25, 0.3) is 0 Å². The monoisotopic (exact) mass is 317 g/mol. The second-order valence-electron chi connectivity index (χ2n) is 6.57. The van der Waals surface area contributed by atoms with Crippen LogP contribution in [-0.4, -0.2) is 61.6 Å². The molecular weight excluding hydrogens is 294 g/mol. The largest absolute Gasteiger partial charge is 0.447 e. The molecule has 1 atom stereocenters. The van der Waals surface area contributed by atoms with E-state index in [9.17, 15) is 9.59 Å². The first kappa shape index (κ1) is 15.8. The molecule has 0 radical (unpaired) electrons. The van der Waals surface area contributed by atoms with E-state index in [0.29, 0.717) is 26.2 Å². The van der Waals surface area contributed by atoms with Gasteiger partial charge in [-0.15, -0.1) is 0 Å². The SMILES string of the molecule is Cc1ccc2c(c1)N1C(=O)OCC1CCN(C(=O)CN(C)C)C2. The summed E-state index contributed by atoms with van der Waals surface area (Å²) in [6.45, 7) is 3.95. The van der Waals surface area contributed by atoms with Gasteiger partial charge in [0, 0.05) is 13.1 Å². The van der Waals surface area contributed by atoms with Gasteiger partial charge in [0.05, 0.1) is 18.3 Å². The molecule has 2 aliphatic rings. The Labute approximate surface area is 136 Å². The molecule has 0 aromatic heterocycles. The van der Waals surface area contributed by atoms with Gasteiger partial charge in [0.15, 0.2) is 0 Å². The molecule has 124 valence electrons. The second kappa shape index (κ2) is 6.20. The van der Waals surface area contributed by atoms with Crippen LogP contribution in [0.4, 0.5) is 10.5 Å². The lowest BCUT2D eigenvalue weighted by Crippen LogP contribution is -2.44. The van der Waals surface area contributed by atoms with E-state index in [-0.39, 0.29) is 18.0 Å². The number of ether oxygens (including phenoxy) is 1. The molecule has 0 aliphatic carbocycles. The van der Waals surface area contributed by atoms with Crippen molar-refractivity contribution in [2.24, 2.45) is 0 Å². The molecule has 0 spiro atoms. The average Bonchev–Trinajstić information content (AvgIpc) is 2.82. The number of rotatable bonds is 2. The molecule has 1 aromatic rings. The van der Waals surface area contributed by atoms with Crippen LogP contribution >= 0.6 is 0 Å². The van der Waals surface area contributed by atoms with E-state index in [0.717, 1.165) is 23.2 Å². The fourth-order valence-electron chi connectivity index (χ4n) is 3.17. The van der Waals surface area contributed by atoms with Crippen LogP contribution in [0.5, 0.6) is 0 Å². The van der Waals surface area contributed by atoms with Crippen LogP contribution in [-0.2, 0) is 16.1 Å². The maximum atomic E-state index is 12.5. The molecule has 1 unspecified atom stereocenters. The minimum Gasteiger partial charge on any atom is -0.447 e. The zero-order chi connectivity index (χ0) is 16.6. The van der Waals surface area contributed by atoms with Crippen LogP contribution in [0.25, 0.3) is 0 Å². The maximum absolute atomic E-state index is 12.5. The van der Waals surface area contributed by atoms with Crippen molar-refractivity contribution in [2.75, 3.05) is 38.7 Å². The van der Waals surface area contributed by atoms with Crippen molar-refractivity contribution in [3.63, 3.8) is 0 Å². The smallest absolute Gasteiger partial charge is 0.414 e. The zero-order valence-electron chi connectivity index (χ0n) is 13.9. The van der Waals surface area contributed by atoms with Gasteiger partial charge in [-0.2, -0.15) is 0 Å². The molecule has 1 fully saturated rings. The number of amides is 2. The Hall–Kier alpha value is -2.08. The van der Waals surface area contributed by atoms with Crippen molar-refractivity contribution >= 4 is 17.7 Å². The Bertz CT molecular complexity index is 630. The Morgan fingerprint density at radius 1 is 1.39 bits per heavy atom. The Balaban J connectivity index is 1.95. The van der Waals surface area contributed by atoms with E-state index in [1.165, 1.54) is 0 Å². The number of anilines is 1. The molecule has 2 heterocycles. The summed E-state index contributed by atoms with van der Waals surface area (Å²) in [6, 6.07) is 6.03. The number of hydrogen-bond donors (Lipinski definition) is 0. The number of fused-ring (bicyclic) bond motifs is 3. The summed E-state index contributed by atoms with van der Waals surface area (Å²) in [7, 11) is 3.79. The third-order valence-corrected chi connectivity index (χ3v) is 4.36. The topological polar surface area (TPSA) is 53.1 Å². The van der Waals surface area contributed by atoms with E-state index in [4.69, 9.17) is 4.74 Å². The molecule has 2 amide bonds. The number of nitrogens with zero attached hydrogens (tertiary/aromatic N) is 3. The third-order valence-electron chi connectivity index (χ3n) is 4.36. The zero-order valence-corrected chi connectivity index (χ0v) is 13.9. The van der Waals surface area contributed by atoms with Gasteiger partial charge in [0.2, 0.25) is 5.91 Å². The molecule has 2 aliphatic heterocycles. The molecule has 1 aromatic carbocycles. The number of benzene rings is 1. The number of carbonyl (C=O) groups is 2. The van der Waals surface area contributed by atoms with Gasteiger partial charge in [-0.05, 0) is 44.6 Å². The summed E-state index contributed by atoms with van der Waals surface area (Å²) in [5.74, 6) is 0.111. The Kier molecular flexibility index (Phi) is 4.26. The fraction of sp³-hybridized carbons (Fsp3) is 0.529. The van der Waals surface area contributed by atoms with Gasteiger partial charge < -0.3 is 14.5 Å². The maximum Gasteiger partial charge on any atom is 0.414 e. The van der Waals surface area contributed by atoms with Crippen molar-refractivity contribution in [1.82, 2.24) is 9.80 Å². The minimum absolute atomic E-state index is 0.00185. The van der Waals surface area contributed by atoms with Gasteiger partial charge in [-0.1, -0.05) is 12.1 Å². The van der Waals surface area contributed by atoms with E-state index in [2.05, 4.69) is 0 Å². The van der Waals surface area contributed by atoms with Crippen LogP contribution in [0.1, 0.15) is 17.5 Å². The van der Waals surface area contributed by atoms with Gasteiger partial charge >= 0.3 is 6.09 Å². The van der Waals surface area contributed by atoms with Crippen molar-refractivity contribution < 1.29 is 14.3 Å². The van der Waals surface area contributed by atoms with Gasteiger partial charge in [-0.25, -0.2) is 4.79 Å². The van der Waals surface area contributed by atoms with E-state index >= 15 is 0 Å². The standard InChI is InChI=1S/C17H23N3O3/c1-12-4-5-13-9-19(16(21)10-18(2)3)7-6-14-11-23-17(22)20(14)15(13)8-12/h4-5,8,14H,6-7,9-11H2,1-3H3. The van der Waals surface area contributed by atoms with Gasteiger partial charge in [-0.3, -0.25) is 9.69 Å². The van der Waals surface area contributed by atoms with Crippen LogP contribution in [0.15, 0.2) is 18.2 Å². The molecular formula is C17H23N3O3. The number of likely N-dealkylation sites (N-methyl/N-ethyl adjacent to an activating group) is 1. The highest BCUT2D eigenvalue weighted by atomic mass is 16.6. The lowest BCUT2D eigenvalue weighted by atomic mass is 10.0. The number of hydrogen-bond acceptors (Lipinski definition) is 4. The Morgan fingerprint density at radius 2 is 2.17 bits per heavy atom. The summed E-state index contributed by atoms with van der Waals surface area (Å²) >= 11 is 0. The van der Waals surface area contributed by atoms with E-state index < -0.39 is 0 Å². The van der Waals surface area contributed by atoms with Gasteiger partial charge in [0.1, 0.15) is 6.61 Å². The van der Waals surface area contributed by atoms with Crippen molar-refractivity contribution in [1.29, 1.82) is 0 Å². The number of cyclic esters (lactones) is 1. The molecule has 0 N–H and O–H groups in total. The summed E-state index contributed by atoms with van der Waals surface area (Å²) in [4.78, 5) is 30.1. The molecule has 0 saturated carbocycles. The average molecular weight is 317 g/mol. The highest BCUT2D eigenvalue weighted by molar-refractivity contribution is 5.91. The predicted octanol–water partition coefficient (Wildman–Crippen LogP) is 1.61. The first-order valence-corrected chi connectivity index (χ1v) is 7.93. The lowest BCUT2D eigenvalue weighted by molar-refractivity contribution is -0.132. The molecule has 1 saturated heterocycles. The highest BCUT2D eigenvalue weighted by Gasteiger charge is 2.37. The van der Waals surface area contributed by atoms with Crippen molar-refractivity contribution in [3.8, 4) is 0 Å².